The zero-order chi connectivity index (χ0) is 13.0. The maximum Gasteiger partial charge on any atom is 0.119 e. The third-order valence-electron chi connectivity index (χ3n) is 2.86. The molecule has 0 aliphatic rings. The highest BCUT2D eigenvalue weighted by atomic mass is 16.5. The fourth-order valence-corrected chi connectivity index (χ4v) is 1.61. The Morgan fingerprint density at radius 2 is 1.76 bits per heavy atom. The van der Waals surface area contributed by atoms with Crippen molar-refractivity contribution in [2.24, 2.45) is 0 Å². The first-order valence-corrected chi connectivity index (χ1v) is 6.45. The van der Waals surface area contributed by atoms with Gasteiger partial charge in [0.1, 0.15) is 12.8 Å². The van der Waals surface area contributed by atoms with Crippen molar-refractivity contribution in [3.63, 3.8) is 0 Å². The zero-order valence-electron chi connectivity index (χ0n) is 11.6. The third kappa shape index (κ3) is 11.8. The van der Waals surface area contributed by atoms with Crippen molar-refractivity contribution >= 4 is 6.29 Å². The van der Waals surface area contributed by atoms with Gasteiger partial charge in [0, 0.05) is 13.5 Å². The lowest BCUT2D eigenvalue weighted by molar-refractivity contribution is -0.891. The Hall–Kier alpha value is -0.450. The van der Waals surface area contributed by atoms with E-state index >= 15 is 0 Å². The smallest absolute Gasteiger partial charge is 0.119 e. The second kappa shape index (κ2) is 10.7. The second-order valence-electron chi connectivity index (χ2n) is 5.00. The summed E-state index contributed by atoms with van der Waals surface area (Å²) in [5.41, 5.74) is 0. The molecule has 0 N–H and O–H groups in total. The standard InChI is InChI=1S/C13H28NO3/c1-14(2,8-6-4-5-7-10-15)9-11-17-13-12-16-3/h10H,4-9,11-13H2,1-3H3/q+1. The van der Waals surface area contributed by atoms with E-state index in [1.807, 2.05) is 0 Å². The van der Waals surface area contributed by atoms with Gasteiger partial charge in [-0.3, -0.25) is 0 Å². The minimum Gasteiger partial charge on any atom is -0.382 e. The van der Waals surface area contributed by atoms with Crippen molar-refractivity contribution in [2.45, 2.75) is 25.7 Å². The summed E-state index contributed by atoms with van der Waals surface area (Å²) in [4.78, 5) is 10.2. The lowest BCUT2D eigenvalue weighted by Gasteiger charge is -2.29. The van der Waals surface area contributed by atoms with Gasteiger partial charge in [0.05, 0.1) is 40.5 Å². The van der Waals surface area contributed by atoms with Crippen LogP contribution in [0.15, 0.2) is 0 Å². The van der Waals surface area contributed by atoms with Crippen LogP contribution in [-0.2, 0) is 14.3 Å². The Kier molecular flexibility index (Phi) is 10.4. The number of carbonyl (C=O) groups is 1. The summed E-state index contributed by atoms with van der Waals surface area (Å²) in [6.07, 6.45) is 5.05. The summed E-state index contributed by atoms with van der Waals surface area (Å²) in [5, 5.41) is 0. The molecule has 0 saturated heterocycles. The quantitative estimate of drug-likeness (QED) is 0.297. The fraction of sp³-hybridized carbons (Fsp3) is 0.923. The number of hydrogen-bond donors (Lipinski definition) is 0. The van der Waals surface area contributed by atoms with Gasteiger partial charge in [0.25, 0.3) is 0 Å². The summed E-state index contributed by atoms with van der Waals surface area (Å²) < 4.78 is 11.4. The number of quaternary nitrogens is 1. The van der Waals surface area contributed by atoms with Crippen LogP contribution in [0.2, 0.25) is 0 Å². The van der Waals surface area contributed by atoms with E-state index in [0.717, 1.165) is 43.3 Å². The van der Waals surface area contributed by atoms with Crippen LogP contribution in [-0.4, -0.2) is 64.9 Å². The molecular formula is C13H28NO3+. The maximum absolute atomic E-state index is 10.2. The van der Waals surface area contributed by atoms with Gasteiger partial charge in [-0.25, -0.2) is 0 Å². The van der Waals surface area contributed by atoms with Crippen LogP contribution in [0, 0.1) is 0 Å². The van der Waals surface area contributed by atoms with Crippen molar-refractivity contribution in [1.82, 2.24) is 0 Å². The van der Waals surface area contributed by atoms with E-state index in [0.29, 0.717) is 19.6 Å². The number of aldehydes is 1. The first kappa shape index (κ1) is 16.6. The Bertz CT molecular complexity index is 184. The van der Waals surface area contributed by atoms with E-state index in [-0.39, 0.29) is 0 Å². The molecule has 4 nitrogen and oxygen atoms in total. The van der Waals surface area contributed by atoms with Gasteiger partial charge in [-0.2, -0.15) is 0 Å². The Labute approximate surface area is 105 Å². The van der Waals surface area contributed by atoms with Crippen LogP contribution in [0.5, 0.6) is 0 Å². The molecule has 0 radical (unpaired) electrons. The first-order valence-electron chi connectivity index (χ1n) is 6.45. The number of nitrogens with zero attached hydrogens (tertiary/aromatic N) is 1. The highest BCUT2D eigenvalue weighted by molar-refractivity contribution is 5.48. The van der Waals surface area contributed by atoms with Crippen molar-refractivity contribution in [2.75, 3.05) is 54.1 Å². The van der Waals surface area contributed by atoms with Gasteiger partial charge in [0.15, 0.2) is 0 Å². The summed E-state index contributed by atoms with van der Waals surface area (Å²) >= 11 is 0. The van der Waals surface area contributed by atoms with Crippen LogP contribution < -0.4 is 0 Å². The van der Waals surface area contributed by atoms with E-state index in [1.165, 1.54) is 6.42 Å². The first-order chi connectivity index (χ1) is 8.12. The SMILES string of the molecule is COCCOCC[N+](C)(C)CCCCCC=O. The number of ether oxygens (including phenoxy) is 2. The predicted molar refractivity (Wildman–Crippen MR) is 69.1 cm³/mol. The Morgan fingerprint density at radius 1 is 1.00 bits per heavy atom. The Balaban J connectivity index is 3.41. The van der Waals surface area contributed by atoms with Crippen LogP contribution in [0.1, 0.15) is 25.7 Å². The van der Waals surface area contributed by atoms with Gasteiger partial charge in [0.2, 0.25) is 0 Å². The summed E-state index contributed by atoms with van der Waals surface area (Å²) in [6, 6.07) is 0. The number of likely N-dealkylation sites (N-methyl/N-ethyl adjacent to an activating group) is 1. The molecule has 0 aromatic heterocycles. The van der Waals surface area contributed by atoms with Gasteiger partial charge in [-0.15, -0.1) is 0 Å². The lowest BCUT2D eigenvalue weighted by Crippen LogP contribution is -2.43. The number of unbranched alkanes of at least 4 members (excludes halogenated alkanes) is 3. The molecule has 0 aromatic carbocycles. The minimum atomic E-state index is 0.666. The number of hydrogen-bond acceptors (Lipinski definition) is 3. The summed E-state index contributed by atoms with van der Waals surface area (Å²) in [5.74, 6) is 0. The molecule has 0 aliphatic heterocycles. The largest absolute Gasteiger partial charge is 0.382 e. The monoisotopic (exact) mass is 246 g/mol. The van der Waals surface area contributed by atoms with Crippen LogP contribution in [0.25, 0.3) is 0 Å². The maximum atomic E-state index is 10.2. The van der Waals surface area contributed by atoms with Crippen molar-refractivity contribution in [3.8, 4) is 0 Å². The number of rotatable bonds is 12. The van der Waals surface area contributed by atoms with E-state index in [4.69, 9.17) is 9.47 Å². The van der Waals surface area contributed by atoms with Gasteiger partial charge in [-0.1, -0.05) is 0 Å². The molecule has 102 valence electrons. The van der Waals surface area contributed by atoms with E-state index in [2.05, 4.69) is 14.1 Å². The highest BCUT2D eigenvalue weighted by Crippen LogP contribution is 2.04. The average Bonchev–Trinajstić information content (AvgIpc) is 2.28. The number of methoxy groups -OCH3 is 1. The molecule has 0 aromatic rings. The predicted octanol–water partition coefficient (Wildman–Crippen LogP) is 1.49. The molecule has 0 heterocycles. The third-order valence-corrected chi connectivity index (χ3v) is 2.86. The van der Waals surface area contributed by atoms with Gasteiger partial charge >= 0.3 is 0 Å². The van der Waals surface area contributed by atoms with E-state index < -0.39 is 0 Å². The van der Waals surface area contributed by atoms with Crippen LogP contribution in [0.3, 0.4) is 0 Å². The topological polar surface area (TPSA) is 35.5 Å². The van der Waals surface area contributed by atoms with E-state index in [9.17, 15) is 4.79 Å². The second-order valence-corrected chi connectivity index (χ2v) is 5.00. The normalized spacial score (nSPS) is 11.7. The molecule has 4 heteroatoms. The molecule has 0 amide bonds. The lowest BCUT2D eigenvalue weighted by atomic mass is 10.2. The van der Waals surface area contributed by atoms with Crippen LogP contribution >= 0.6 is 0 Å². The average molecular weight is 246 g/mol. The molecule has 0 aliphatic carbocycles. The van der Waals surface area contributed by atoms with E-state index in [1.54, 1.807) is 7.11 Å². The zero-order valence-corrected chi connectivity index (χ0v) is 11.6. The van der Waals surface area contributed by atoms with Crippen molar-refractivity contribution in [1.29, 1.82) is 0 Å². The number of carbonyl (C=O) groups excluding carboxylic acids is 1. The molecule has 17 heavy (non-hydrogen) atoms. The molecule has 0 atom stereocenters. The molecule has 0 bridgehead atoms. The molecule has 0 fully saturated rings. The molecule has 0 saturated carbocycles. The fourth-order valence-electron chi connectivity index (χ4n) is 1.61. The van der Waals surface area contributed by atoms with Gasteiger partial charge in [-0.05, 0) is 19.3 Å². The molecular weight excluding hydrogens is 218 g/mol. The highest BCUT2D eigenvalue weighted by Gasteiger charge is 2.13. The molecule has 0 unspecified atom stereocenters. The molecule has 0 rings (SSSR count). The van der Waals surface area contributed by atoms with Gasteiger partial charge < -0.3 is 18.8 Å². The van der Waals surface area contributed by atoms with Crippen molar-refractivity contribution < 1.29 is 18.8 Å². The van der Waals surface area contributed by atoms with Crippen molar-refractivity contribution in [3.05, 3.63) is 0 Å². The molecule has 0 spiro atoms. The summed E-state index contributed by atoms with van der Waals surface area (Å²) in [6.45, 7) is 4.30. The van der Waals surface area contributed by atoms with Crippen LogP contribution in [0.4, 0.5) is 0 Å². The summed E-state index contributed by atoms with van der Waals surface area (Å²) in [7, 11) is 6.13. The Morgan fingerprint density at radius 3 is 2.41 bits per heavy atom. The minimum absolute atomic E-state index is 0.666.